The molecule has 0 radical (unpaired) electrons. The van der Waals surface area contributed by atoms with Gasteiger partial charge in [-0.05, 0) is 34.1 Å². The molecule has 0 spiro atoms. The van der Waals surface area contributed by atoms with E-state index in [1.54, 1.807) is 0 Å². The van der Waals surface area contributed by atoms with Crippen molar-refractivity contribution in [3.05, 3.63) is 39.5 Å². The number of pyridine rings is 1. The van der Waals surface area contributed by atoms with E-state index in [-0.39, 0.29) is 6.10 Å². The number of hydrogen-bond acceptors (Lipinski definition) is 3. The van der Waals surface area contributed by atoms with Gasteiger partial charge in [0, 0.05) is 39.7 Å². The van der Waals surface area contributed by atoms with E-state index < -0.39 is 0 Å². The second-order valence-electron chi connectivity index (χ2n) is 4.25. The molecule has 2 heterocycles. The summed E-state index contributed by atoms with van der Waals surface area (Å²) in [5.41, 5.74) is 2.00. The number of aromatic nitrogens is 1. The quantitative estimate of drug-likeness (QED) is 0.872. The number of nitrogens with one attached hydrogen (secondary N) is 1. The number of benzene rings is 1. The Morgan fingerprint density at radius 2 is 2.33 bits per heavy atom. The summed E-state index contributed by atoms with van der Waals surface area (Å²) in [5, 5.41) is 5.06. The highest BCUT2D eigenvalue weighted by atomic mass is 79.9. The van der Waals surface area contributed by atoms with Crippen LogP contribution < -0.4 is 5.32 Å². The standard InChI is InChI=1S/C13H12BrClN2O/c14-13-9-5-8(15)1-2-11(9)17-6-10(13)12-7-16-3-4-18-12/h1-2,5-6,12,16H,3-4,7H2. The van der Waals surface area contributed by atoms with E-state index >= 15 is 0 Å². The van der Waals surface area contributed by atoms with Gasteiger partial charge in [-0.3, -0.25) is 4.98 Å². The van der Waals surface area contributed by atoms with Gasteiger partial charge in [-0.2, -0.15) is 0 Å². The van der Waals surface area contributed by atoms with Crippen LogP contribution in [-0.2, 0) is 4.74 Å². The summed E-state index contributed by atoms with van der Waals surface area (Å²) < 4.78 is 6.78. The highest BCUT2D eigenvalue weighted by Crippen LogP contribution is 2.33. The fraction of sp³-hybridized carbons (Fsp3) is 0.308. The lowest BCUT2D eigenvalue weighted by Crippen LogP contribution is -2.33. The summed E-state index contributed by atoms with van der Waals surface area (Å²) >= 11 is 9.68. The maximum atomic E-state index is 6.04. The molecule has 1 aliphatic heterocycles. The topological polar surface area (TPSA) is 34.2 Å². The molecule has 1 aromatic heterocycles. The van der Waals surface area contributed by atoms with Crippen molar-refractivity contribution in [2.24, 2.45) is 0 Å². The van der Waals surface area contributed by atoms with Crippen molar-refractivity contribution < 1.29 is 4.74 Å². The van der Waals surface area contributed by atoms with Crippen LogP contribution in [0.15, 0.2) is 28.9 Å². The van der Waals surface area contributed by atoms with Gasteiger partial charge >= 0.3 is 0 Å². The summed E-state index contributed by atoms with van der Waals surface area (Å²) in [6.45, 7) is 2.44. The minimum Gasteiger partial charge on any atom is -0.371 e. The molecule has 1 aromatic carbocycles. The van der Waals surface area contributed by atoms with Gasteiger partial charge in [0.1, 0.15) is 0 Å². The van der Waals surface area contributed by atoms with Gasteiger partial charge in [0.05, 0.1) is 18.2 Å². The van der Waals surface area contributed by atoms with E-state index in [4.69, 9.17) is 16.3 Å². The fourth-order valence-corrected chi connectivity index (χ4v) is 2.98. The molecule has 1 saturated heterocycles. The molecule has 0 bridgehead atoms. The lowest BCUT2D eigenvalue weighted by Gasteiger charge is -2.24. The molecule has 5 heteroatoms. The van der Waals surface area contributed by atoms with Crippen LogP contribution in [0.2, 0.25) is 5.02 Å². The Kier molecular flexibility index (Phi) is 3.52. The molecule has 3 rings (SSSR count). The zero-order chi connectivity index (χ0) is 12.5. The van der Waals surface area contributed by atoms with E-state index in [9.17, 15) is 0 Å². The normalized spacial score (nSPS) is 20.2. The van der Waals surface area contributed by atoms with Gasteiger partial charge in [0.2, 0.25) is 0 Å². The first-order valence-corrected chi connectivity index (χ1v) is 6.99. The van der Waals surface area contributed by atoms with Gasteiger partial charge in [0.15, 0.2) is 0 Å². The van der Waals surface area contributed by atoms with Gasteiger partial charge in [-0.1, -0.05) is 11.6 Å². The van der Waals surface area contributed by atoms with Crippen LogP contribution in [0, 0.1) is 0 Å². The molecule has 0 amide bonds. The van der Waals surface area contributed by atoms with Crippen LogP contribution >= 0.6 is 27.5 Å². The Bertz CT molecular complexity index is 584. The highest BCUT2D eigenvalue weighted by molar-refractivity contribution is 9.10. The molecule has 2 aromatic rings. The summed E-state index contributed by atoms with van der Waals surface area (Å²) in [5.74, 6) is 0. The molecule has 1 N–H and O–H groups in total. The van der Waals surface area contributed by atoms with Crippen molar-refractivity contribution >= 4 is 38.4 Å². The van der Waals surface area contributed by atoms with E-state index in [2.05, 4.69) is 26.2 Å². The second kappa shape index (κ2) is 5.13. The van der Waals surface area contributed by atoms with Crippen LogP contribution in [0.3, 0.4) is 0 Å². The first-order chi connectivity index (χ1) is 8.75. The summed E-state index contributed by atoms with van der Waals surface area (Å²) in [4.78, 5) is 4.46. The van der Waals surface area contributed by atoms with E-state index in [0.717, 1.165) is 40.6 Å². The average molecular weight is 328 g/mol. The Hall–Kier alpha value is -0.680. The molecule has 0 saturated carbocycles. The Balaban J connectivity index is 2.09. The maximum absolute atomic E-state index is 6.04. The van der Waals surface area contributed by atoms with Crippen LogP contribution in [-0.4, -0.2) is 24.7 Å². The molecular formula is C13H12BrClN2O. The van der Waals surface area contributed by atoms with E-state index in [1.807, 2.05) is 24.4 Å². The monoisotopic (exact) mass is 326 g/mol. The molecule has 94 valence electrons. The van der Waals surface area contributed by atoms with Crippen LogP contribution in [0.25, 0.3) is 10.9 Å². The molecule has 1 atom stereocenters. The predicted molar refractivity (Wildman–Crippen MR) is 76.0 cm³/mol. The molecule has 1 unspecified atom stereocenters. The minimum atomic E-state index is 0.0454. The summed E-state index contributed by atoms with van der Waals surface area (Å²) in [6, 6.07) is 5.70. The lowest BCUT2D eigenvalue weighted by atomic mass is 10.1. The summed E-state index contributed by atoms with van der Waals surface area (Å²) in [6.07, 6.45) is 1.92. The van der Waals surface area contributed by atoms with Crippen LogP contribution in [0.4, 0.5) is 0 Å². The van der Waals surface area contributed by atoms with Crippen molar-refractivity contribution in [3.8, 4) is 0 Å². The predicted octanol–water partition coefficient (Wildman–Crippen LogP) is 3.31. The number of nitrogens with zero attached hydrogens (tertiary/aromatic N) is 1. The van der Waals surface area contributed by atoms with Crippen LogP contribution in [0.1, 0.15) is 11.7 Å². The van der Waals surface area contributed by atoms with E-state index in [0.29, 0.717) is 5.02 Å². The third-order valence-corrected chi connectivity index (χ3v) is 4.19. The van der Waals surface area contributed by atoms with Crippen molar-refractivity contribution in [3.63, 3.8) is 0 Å². The molecule has 1 aliphatic rings. The Morgan fingerprint density at radius 1 is 1.44 bits per heavy atom. The van der Waals surface area contributed by atoms with Gasteiger partial charge in [-0.15, -0.1) is 0 Å². The first-order valence-electron chi connectivity index (χ1n) is 5.81. The zero-order valence-corrected chi connectivity index (χ0v) is 12.0. The van der Waals surface area contributed by atoms with Crippen molar-refractivity contribution in [1.29, 1.82) is 0 Å². The minimum absolute atomic E-state index is 0.0454. The maximum Gasteiger partial charge on any atom is 0.0975 e. The third-order valence-electron chi connectivity index (χ3n) is 3.07. The lowest BCUT2D eigenvalue weighted by molar-refractivity contribution is 0.0272. The number of morpholine rings is 1. The van der Waals surface area contributed by atoms with Crippen LogP contribution in [0.5, 0.6) is 0 Å². The largest absolute Gasteiger partial charge is 0.371 e. The molecule has 0 aliphatic carbocycles. The molecular weight excluding hydrogens is 316 g/mol. The smallest absolute Gasteiger partial charge is 0.0975 e. The number of halogens is 2. The Morgan fingerprint density at radius 3 is 3.11 bits per heavy atom. The fourth-order valence-electron chi connectivity index (χ4n) is 2.14. The molecule has 3 nitrogen and oxygen atoms in total. The molecule has 1 fully saturated rings. The van der Waals surface area contributed by atoms with Crippen molar-refractivity contribution in [1.82, 2.24) is 10.3 Å². The van der Waals surface area contributed by atoms with Crippen molar-refractivity contribution in [2.45, 2.75) is 6.10 Å². The number of fused-ring (bicyclic) bond motifs is 1. The number of rotatable bonds is 1. The zero-order valence-electron chi connectivity index (χ0n) is 9.62. The third kappa shape index (κ3) is 2.26. The highest BCUT2D eigenvalue weighted by Gasteiger charge is 2.20. The van der Waals surface area contributed by atoms with Gasteiger partial charge in [-0.25, -0.2) is 0 Å². The van der Waals surface area contributed by atoms with E-state index in [1.165, 1.54) is 0 Å². The average Bonchev–Trinajstić information content (AvgIpc) is 2.41. The Labute approximate surface area is 119 Å². The summed E-state index contributed by atoms with van der Waals surface area (Å²) in [7, 11) is 0. The first kappa shape index (κ1) is 12.4. The van der Waals surface area contributed by atoms with Gasteiger partial charge < -0.3 is 10.1 Å². The van der Waals surface area contributed by atoms with Crippen molar-refractivity contribution in [2.75, 3.05) is 19.7 Å². The SMILES string of the molecule is Clc1ccc2ncc(C3CNCCO3)c(Br)c2c1. The number of ether oxygens (including phenoxy) is 1. The second-order valence-corrected chi connectivity index (χ2v) is 5.48. The van der Waals surface area contributed by atoms with Gasteiger partial charge in [0.25, 0.3) is 0 Å². The number of hydrogen-bond donors (Lipinski definition) is 1. The molecule has 18 heavy (non-hydrogen) atoms.